The first kappa shape index (κ1) is 22.7. The molecule has 0 fully saturated rings. The molecule has 2 amide bonds. The second-order valence-corrected chi connectivity index (χ2v) is 8.41. The number of hydrogen-bond donors (Lipinski definition) is 1. The normalized spacial score (nSPS) is 10.8. The summed E-state index contributed by atoms with van der Waals surface area (Å²) in [7, 11) is 0. The zero-order valence-electron chi connectivity index (χ0n) is 19.3. The van der Waals surface area contributed by atoms with Crippen LogP contribution in [0.3, 0.4) is 0 Å². The van der Waals surface area contributed by atoms with E-state index in [0.29, 0.717) is 6.54 Å². The van der Waals surface area contributed by atoms with Crippen LogP contribution >= 0.6 is 0 Å². The Balaban J connectivity index is 1.75. The Morgan fingerprint density at radius 1 is 0.935 bits per heavy atom. The average Bonchev–Trinajstić information content (AvgIpc) is 3.18. The number of carbonyl (C=O) groups excluding carboxylic acids is 1. The van der Waals surface area contributed by atoms with E-state index in [0.717, 1.165) is 43.7 Å². The monoisotopic (exact) mass is 417 g/mol. The van der Waals surface area contributed by atoms with Gasteiger partial charge in [0.1, 0.15) is 0 Å². The first-order valence-electron chi connectivity index (χ1n) is 11.3. The van der Waals surface area contributed by atoms with Gasteiger partial charge in [-0.15, -0.1) is 0 Å². The molecule has 0 bridgehead atoms. The number of rotatable bonds is 9. The maximum atomic E-state index is 13.2. The van der Waals surface area contributed by atoms with E-state index in [1.165, 1.54) is 22.3 Å². The van der Waals surface area contributed by atoms with Crippen molar-refractivity contribution in [3.8, 4) is 0 Å². The van der Waals surface area contributed by atoms with Crippen molar-refractivity contribution >= 4 is 11.7 Å². The lowest BCUT2D eigenvalue weighted by Gasteiger charge is -2.24. The van der Waals surface area contributed by atoms with Gasteiger partial charge in [0.2, 0.25) is 0 Å². The minimum atomic E-state index is -0.0389. The van der Waals surface area contributed by atoms with E-state index >= 15 is 0 Å². The molecular weight excluding hydrogens is 382 g/mol. The van der Waals surface area contributed by atoms with E-state index in [9.17, 15) is 4.79 Å². The summed E-state index contributed by atoms with van der Waals surface area (Å²) in [6.07, 6.45) is 5.37. The first-order chi connectivity index (χ1) is 15.0. The predicted molar refractivity (Wildman–Crippen MR) is 130 cm³/mol. The summed E-state index contributed by atoms with van der Waals surface area (Å²) >= 11 is 0. The van der Waals surface area contributed by atoms with E-state index in [1.807, 2.05) is 17.0 Å². The van der Waals surface area contributed by atoms with E-state index in [2.05, 4.69) is 86.2 Å². The number of aromatic nitrogens is 1. The van der Waals surface area contributed by atoms with Crippen LogP contribution in [-0.2, 0) is 13.1 Å². The van der Waals surface area contributed by atoms with Gasteiger partial charge in [0.25, 0.3) is 0 Å². The van der Waals surface area contributed by atoms with Crippen molar-refractivity contribution in [2.24, 2.45) is 0 Å². The fourth-order valence-corrected chi connectivity index (χ4v) is 3.74. The molecule has 0 radical (unpaired) electrons. The summed E-state index contributed by atoms with van der Waals surface area (Å²) in [4.78, 5) is 15.1. The molecule has 0 aliphatic heterocycles. The zero-order chi connectivity index (χ0) is 22.2. The van der Waals surface area contributed by atoms with E-state index in [-0.39, 0.29) is 6.03 Å². The average molecular weight is 418 g/mol. The van der Waals surface area contributed by atoms with Crippen LogP contribution in [0.5, 0.6) is 0 Å². The van der Waals surface area contributed by atoms with Crippen molar-refractivity contribution in [1.29, 1.82) is 0 Å². The number of anilines is 1. The summed E-state index contributed by atoms with van der Waals surface area (Å²) in [6, 6.07) is 18.7. The zero-order valence-corrected chi connectivity index (χ0v) is 19.3. The van der Waals surface area contributed by atoms with Crippen LogP contribution in [-0.4, -0.2) is 22.0 Å². The molecule has 0 unspecified atom stereocenters. The number of unbranched alkanes of at least 4 members (excludes halogenated alkanes) is 2. The van der Waals surface area contributed by atoms with Crippen LogP contribution in [0, 0.1) is 20.8 Å². The molecule has 0 atom stereocenters. The Kier molecular flexibility index (Phi) is 7.94. The van der Waals surface area contributed by atoms with Crippen molar-refractivity contribution < 1.29 is 4.79 Å². The predicted octanol–water partition coefficient (Wildman–Crippen LogP) is 6.69. The number of hydrogen-bond acceptors (Lipinski definition) is 1. The highest BCUT2D eigenvalue weighted by Crippen LogP contribution is 2.17. The summed E-state index contributed by atoms with van der Waals surface area (Å²) < 4.78 is 2.25. The fraction of sp³-hybridized carbons (Fsp3) is 0.370. The molecule has 31 heavy (non-hydrogen) atoms. The lowest BCUT2D eigenvalue weighted by molar-refractivity contribution is 0.206. The fourth-order valence-electron chi connectivity index (χ4n) is 3.74. The Bertz CT molecular complexity index is 1010. The Morgan fingerprint density at radius 2 is 1.74 bits per heavy atom. The van der Waals surface area contributed by atoms with E-state index < -0.39 is 0 Å². The third kappa shape index (κ3) is 6.24. The molecule has 4 heteroatoms. The third-order valence-corrected chi connectivity index (χ3v) is 5.96. The van der Waals surface area contributed by atoms with Gasteiger partial charge in [-0.25, -0.2) is 4.79 Å². The molecule has 0 spiro atoms. The van der Waals surface area contributed by atoms with Crippen LogP contribution < -0.4 is 5.32 Å². The summed E-state index contributed by atoms with van der Waals surface area (Å²) in [6.45, 7) is 10.7. The van der Waals surface area contributed by atoms with Gasteiger partial charge in [-0.05, 0) is 73.7 Å². The van der Waals surface area contributed by atoms with Crippen LogP contribution in [0.2, 0.25) is 0 Å². The van der Waals surface area contributed by atoms with Crippen LogP contribution in [0.1, 0.15) is 54.1 Å². The quantitative estimate of drug-likeness (QED) is 0.387. The van der Waals surface area contributed by atoms with Crippen LogP contribution in [0.25, 0.3) is 0 Å². The Labute approximate surface area is 186 Å². The van der Waals surface area contributed by atoms with Crippen LogP contribution in [0.4, 0.5) is 10.5 Å². The summed E-state index contributed by atoms with van der Waals surface area (Å²) in [5.41, 5.74) is 7.00. The van der Waals surface area contributed by atoms with Crippen LogP contribution in [0.15, 0.2) is 60.8 Å². The molecule has 3 rings (SSSR count). The number of aryl methyl sites for hydroxylation is 3. The molecule has 0 aliphatic rings. The van der Waals surface area contributed by atoms with E-state index in [4.69, 9.17) is 0 Å². The maximum Gasteiger partial charge on any atom is 0.322 e. The van der Waals surface area contributed by atoms with Gasteiger partial charge in [0, 0.05) is 30.7 Å². The molecule has 1 aromatic heterocycles. The molecule has 1 N–H and O–H groups in total. The molecule has 3 aromatic rings. The van der Waals surface area contributed by atoms with Gasteiger partial charge >= 0.3 is 6.03 Å². The number of nitrogens with one attached hydrogen (secondary N) is 1. The van der Waals surface area contributed by atoms with Crippen molar-refractivity contribution in [2.75, 3.05) is 11.9 Å². The van der Waals surface area contributed by atoms with Crippen molar-refractivity contribution in [3.05, 3.63) is 88.7 Å². The standard InChI is InChI=1S/C27H35N3O/c1-5-6-9-16-30(27(31)28-25-15-14-21(2)23(4)18-25)20-26-13-10-17-29(26)19-24-12-8-7-11-22(24)3/h7-8,10-15,17-18H,5-6,9,16,19-20H2,1-4H3,(H,28,31). The lowest BCUT2D eigenvalue weighted by atomic mass is 10.1. The first-order valence-corrected chi connectivity index (χ1v) is 11.3. The highest BCUT2D eigenvalue weighted by Gasteiger charge is 2.16. The number of urea groups is 1. The molecule has 0 saturated carbocycles. The minimum Gasteiger partial charge on any atom is -0.345 e. The topological polar surface area (TPSA) is 37.3 Å². The Hall–Kier alpha value is -3.01. The molecule has 4 nitrogen and oxygen atoms in total. The number of benzene rings is 2. The second-order valence-electron chi connectivity index (χ2n) is 8.41. The van der Waals surface area contributed by atoms with Crippen molar-refractivity contribution in [1.82, 2.24) is 9.47 Å². The molecule has 1 heterocycles. The number of nitrogens with zero attached hydrogens (tertiary/aromatic N) is 2. The van der Waals surface area contributed by atoms with Gasteiger partial charge in [0.05, 0.1) is 6.54 Å². The second kappa shape index (κ2) is 10.9. The molecule has 2 aromatic carbocycles. The molecule has 164 valence electrons. The summed E-state index contributed by atoms with van der Waals surface area (Å²) in [5.74, 6) is 0. The molecule has 0 aliphatic carbocycles. The highest BCUT2D eigenvalue weighted by atomic mass is 16.2. The minimum absolute atomic E-state index is 0.0389. The number of carbonyl (C=O) groups is 1. The van der Waals surface area contributed by atoms with Gasteiger partial charge < -0.3 is 14.8 Å². The molecule has 0 saturated heterocycles. The van der Waals surface area contributed by atoms with Crippen molar-refractivity contribution in [3.63, 3.8) is 0 Å². The third-order valence-electron chi connectivity index (χ3n) is 5.96. The lowest BCUT2D eigenvalue weighted by Crippen LogP contribution is -2.36. The Morgan fingerprint density at radius 3 is 2.48 bits per heavy atom. The summed E-state index contributed by atoms with van der Waals surface area (Å²) in [5, 5.41) is 3.11. The van der Waals surface area contributed by atoms with Crippen molar-refractivity contribution in [2.45, 2.75) is 60.0 Å². The smallest absolute Gasteiger partial charge is 0.322 e. The van der Waals surface area contributed by atoms with E-state index in [1.54, 1.807) is 0 Å². The number of amides is 2. The van der Waals surface area contributed by atoms with Gasteiger partial charge in [-0.1, -0.05) is 50.1 Å². The SMILES string of the molecule is CCCCCN(Cc1cccn1Cc1ccccc1C)C(=O)Nc1ccc(C)c(C)c1. The maximum absolute atomic E-state index is 13.2. The highest BCUT2D eigenvalue weighted by molar-refractivity contribution is 5.89. The largest absolute Gasteiger partial charge is 0.345 e. The van der Waals surface area contributed by atoms with Gasteiger partial charge in [-0.2, -0.15) is 0 Å². The molecular formula is C27H35N3O. The van der Waals surface area contributed by atoms with Gasteiger partial charge in [-0.3, -0.25) is 0 Å². The van der Waals surface area contributed by atoms with Gasteiger partial charge in [0.15, 0.2) is 0 Å².